The van der Waals surface area contributed by atoms with E-state index in [9.17, 15) is 0 Å². The third-order valence-electron chi connectivity index (χ3n) is 6.43. The van der Waals surface area contributed by atoms with Gasteiger partial charge in [0.2, 0.25) is 0 Å². The van der Waals surface area contributed by atoms with Gasteiger partial charge in [-0.05, 0) is 74.6 Å². The lowest BCUT2D eigenvalue weighted by molar-refractivity contribution is 0.363. The van der Waals surface area contributed by atoms with Gasteiger partial charge in [0, 0.05) is 22.9 Å². The van der Waals surface area contributed by atoms with Crippen LogP contribution in [0.5, 0.6) is 5.75 Å². The second-order valence-electron chi connectivity index (χ2n) is 8.64. The van der Waals surface area contributed by atoms with Crippen molar-refractivity contribution in [1.82, 2.24) is 4.98 Å². The molecule has 2 atom stereocenters. The summed E-state index contributed by atoms with van der Waals surface area (Å²) in [5, 5.41) is 2.25. The van der Waals surface area contributed by atoms with Gasteiger partial charge in [-0.2, -0.15) is 0 Å². The molecule has 0 amide bonds. The molecule has 2 heterocycles. The number of fused-ring (bicyclic) bond motifs is 2. The normalized spacial score (nSPS) is 19.1. The van der Waals surface area contributed by atoms with Gasteiger partial charge in [0.25, 0.3) is 0 Å². The molecule has 0 spiro atoms. The zero-order valence-corrected chi connectivity index (χ0v) is 18.2. The zero-order valence-electron chi connectivity index (χ0n) is 18.2. The van der Waals surface area contributed by atoms with Crippen LogP contribution in [0.15, 0.2) is 59.0 Å². The van der Waals surface area contributed by atoms with Crippen LogP contribution >= 0.6 is 0 Å². The van der Waals surface area contributed by atoms with Gasteiger partial charge in [-0.25, -0.2) is 4.98 Å². The van der Waals surface area contributed by atoms with Crippen molar-refractivity contribution in [2.24, 2.45) is 5.73 Å². The molecule has 2 aromatic carbocycles. The van der Waals surface area contributed by atoms with Crippen LogP contribution in [-0.4, -0.2) is 24.2 Å². The molecule has 31 heavy (non-hydrogen) atoms. The first-order chi connectivity index (χ1) is 15.1. The highest BCUT2D eigenvalue weighted by atomic mass is 16.5. The number of hydrogen-bond donors (Lipinski definition) is 1. The average Bonchev–Trinajstić information content (AvgIpc) is 3.20. The second kappa shape index (κ2) is 8.23. The molecule has 1 aliphatic carbocycles. The molecule has 2 aromatic heterocycles. The van der Waals surface area contributed by atoms with Crippen molar-refractivity contribution in [1.29, 1.82) is 0 Å². The van der Waals surface area contributed by atoms with Crippen molar-refractivity contribution < 1.29 is 9.15 Å². The van der Waals surface area contributed by atoms with Crippen LogP contribution in [0.2, 0.25) is 0 Å². The van der Waals surface area contributed by atoms with Crippen molar-refractivity contribution >= 4 is 27.7 Å². The number of furan rings is 1. The number of rotatable bonds is 5. The number of ether oxygens (including phenoxy) is 1. The molecule has 1 aliphatic rings. The molecule has 4 aromatic rings. The molecule has 1 saturated carbocycles. The Labute approximate surface area is 182 Å². The van der Waals surface area contributed by atoms with Crippen LogP contribution < -0.4 is 15.4 Å². The predicted octanol–water partition coefficient (Wildman–Crippen LogP) is 5.57. The van der Waals surface area contributed by atoms with Crippen molar-refractivity contribution in [3.8, 4) is 5.75 Å². The van der Waals surface area contributed by atoms with Crippen molar-refractivity contribution in [3.63, 3.8) is 0 Å². The highest BCUT2D eigenvalue weighted by molar-refractivity contribution is 5.85. The minimum absolute atomic E-state index is 0.239. The van der Waals surface area contributed by atoms with Crippen molar-refractivity contribution in [2.45, 2.75) is 51.2 Å². The number of pyridine rings is 1. The van der Waals surface area contributed by atoms with Gasteiger partial charge < -0.3 is 19.8 Å². The standard InChI is InChI=1S/C26H29N3O2/c1-17-12-26(28-24-11-10-21(30-2)15-23(17)24)29(20-8-5-7-19(27)14-20)16-22-13-18-6-3-4-9-25(18)31-22/h3-4,6,9-13,15,19-20H,5,7-8,14,16,27H2,1-2H3. The zero-order chi connectivity index (χ0) is 21.4. The average molecular weight is 416 g/mol. The number of benzene rings is 2. The van der Waals surface area contributed by atoms with Crippen molar-refractivity contribution in [3.05, 3.63) is 65.9 Å². The van der Waals surface area contributed by atoms with Crippen LogP contribution in [0.4, 0.5) is 5.82 Å². The van der Waals surface area contributed by atoms with E-state index in [0.717, 1.165) is 64.9 Å². The van der Waals surface area contributed by atoms with E-state index in [1.165, 1.54) is 5.56 Å². The summed E-state index contributed by atoms with van der Waals surface area (Å²) < 4.78 is 11.6. The van der Waals surface area contributed by atoms with Gasteiger partial charge in [-0.3, -0.25) is 0 Å². The first kappa shape index (κ1) is 19.9. The Balaban J connectivity index is 1.56. The Hall–Kier alpha value is -3.05. The fourth-order valence-corrected chi connectivity index (χ4v) is 4.79. The first-order valence-corrected chi connectivity index (χ1v) is 11.1. The molecule has 2 unspecified atom stereocenters. The van der Waals surface area contributed by atoms with Gasteiger partial charge in [-0.1, -0.05) is 18.2 Å². The molecule has 0 saturated heterocycles. The van der Waals surface area contributed by atoms with E-state index in [-0.39, 0.29) is 6.04 Å². The molecule has 160 valence electrons. The number of methoxy groups -OCH3 is 1. The van der Waals surface area contributed by atoms with E-state index >= 15 is 0 Å². The fourth-order valence-electron chi connectivity index (χ4n) is 4.79. The Morgan fingerprint density at radius 3 is 2.81 bits per heavy atom. The smallest absolute Gasteiger partial charge is 0.134 e. The summed E-state index contributed by atoms with van der Waals surface area (Å²) in [6.45, 7) is 2.82. The van der Waals surface area contributed by atoms with E-state index in [0.29, 0.717) is 12.6 Å². The summed E-state index contributed by atoms with van der Waals surface area (Å²) in [5.41, 5.74) is 9.45. The van der Waals surface area contributed by atoms with Crippen molar-refractivity contribution in [2.75, 3.05) is 12.0 Å². The van der Waals surface area contributed by atoms with Crippen LogP contribution in [0.3, 0.4) is 0 Å². The molecular formula is C26H29N3O2. The van der Waals surface area contributed by atoms with Crippen LogP contribution in [0.25, 0.3) is 21.9 Å². The minimum Gasteiger partial charge on any atom is -0.497 e. The first-order valence-electron chi connectivity index (χ1n) is 11.1. The van der Waals surface area contributed by atoms with Crippen LogP contribution in [0, 0.1) is 6.92 Å². The lowest BCUT2D eigenvalue weighted by atomic mass is 9.90. The number of nitrogens with zero attached hydrogens (tertiary/aromatic N) is 2. The van der Waals surface area contributed by atoms with Gasteiger partial charge >= 0.3 is 0 Å². The van der Waals surface area contributed by atoms with Gasteiger partial charge in [0.05, 0.1) is 19.2 Å². The lowest BCUT2D eigenvalue weighted by Gasteiger charge is -2.37. The summed E-state index contributed by atoms with van der Waals surface area (Å²) in [4.78, 5) is 7.45. The van der Waals surface area contributed by atoms with E-state index in [1.807, 2.05) is 30.3 Å². The summed E-state index contributed by atoms with van der Waals surface area (Å²) >= 11 is 0. The molecule has 0 aliphatic heterocycles. The van der Waals surface area contributed by atoms with Gasteiger partial charge in [0.1, 0.15) is 22.9 Å². The Kier molecular flexibility index (Phi) is 5.28. The topological polar surface area (TPSA) is 64.5 Å². The third kappa shape index (κ3) is 3.98. The monoisotopic (exact) mass is 415 g/mol. The lowest BCUT2D eigenvalue weighted by Crippen LogP contribution is -2.42. The number of nitrogens with two attached hydrogens (primary N) is 1. The number of anilines is 1. The Morgan fingerprint density at radius 1 is 1.13 bits per heavy atom. The summed E-state index contributed by atoms with van der Waals surface area (Å²) in [7, 11) is 1.69. The second-order valence-corrected chi connectivity index (χ2v) is 8.64. The van der Waals surface area contributed by atoms with E-state index in [1.54, 1.807) is 7.11 Å². The van der Waals surface area contributed by atoms with Gasteiger partial charge in [0.15, 0.2) is 0 Å². The summed E-state index contributed by atoms with van der Waals surface area (Å²) in [6.07, 6.45) is 4.34. The third-order valence-corrected chi connectivity index (χ3v) is 6.43. The predicted molar refractivity (Wildman–Crippen MR) is 126 cm³/mol. The molecule has 1 fully saturated rings. The molecular weight excluding hydrogens is 386 g/mol. The molecule has 5 rings (SSSR count). The summed E-state index contributed by atoms with van der Waals surface area (Å²) in [5.74, 6) is 2.78. The molecule has 5 nitrogen and oxygen atoms in total. The Morgan fingerprint density at radius 2 is 2.00 bits per heavy atom. The van der Waals surface area contributed by atoms with Crippen LogP contribution in [-0.2, 0) is 6.54 Å². The maximum Gasteiger partial charge on any atom is 0.134 e. The molecule has 0 radical (unpaired) electrons. The number of para-hydroxylation sites is 1. The van der Waals surface area contributed by atoms with Gasteiger partial charge in [-0.15, -0.1) is 0 Å². The summed E-state index contributed by atoms with van der Waals surface area (Å²) in [6, 6.07) is 19.1. The molecule has 0 bridgehead atoms. The quantitative estimate of drug-likeness (QED) is 0.461. The maximum atomic E-state index is 6.36. The minimum atomic E-state index is 0.239. The highest BCUT2D eigenvalue weighted by Crippen LogP contribution is 2.32. The maximum absolute atomic E-state index is 6.36. The number of hydrogen-bond acceptors (Lipinski definition) is 5. The van der Waals surface area contributed by atoms with E-state index < -0.39 is 0 Å². The van der Waals surface area contributed by atoms with Crippen LogP contribution in [0.1, 0.15) is 37.0 Å². The fraction of sp³-hybridized carbons (Fsp3) is 0.346. The number of aryl methyl sites for hydroxylation is 1. The van der Waals surface area contributed by atoms with E-state index in [2.05, 4.69) is 36.1 Å². The SMILES string of the molecule is COc1ccc2nc(N(Cc3cc4ccccc4o3)C3CCCC(N)C3)cc(C)c2c1. The Bertz CT molecular complexity index is 1180. The largest absolute Gasteiger partial charge is 0.497 e. The highest BCUT2D eigenvalue weighted by Gasteiger charge is 2.27. The number of aromatic nitrogens is 1. The molecule has 2 N–H and O–H groups in total. The van der Waals surface area contributed by atoms with E-state index in [4.69, 9.17) is 19.9 Å². The molecule has 5 heteroatoms.